The maximum absolute atomic E-state index is 12.5. The molecular weight excluding hydrogens is 318 g/mol. The Hall–Kier alpha value is -3.74. The third kappa shape index (κ3) is 3.61. The second kappa shape index (κ2) is 6.79. The number of nitrogen functional groups attached to an aromatic ring is 1. The number of anilines is 2. The summed E-state index contributed by atoms with van der Waals surface area (Å²) in [6, 6.07) is 11.7. The summed E-state index contributed by atoms with van der Waals surface area (Å²) in [6.45, 7) is 0. The summed E-state index contributed by atoms with van der Waals surface area (Å²) in [5.41, 5.74) is 13.7. The molecule has 2 heterocycles. The maximum Gasteiger partial charge on any atom is 0.259 e. The van der Waals surface area contributed by atoms with E-state index in [9.17, 15) is 9.59 Å². The first kappa shape index (κ1) is 16.1. The number of nitrogens with two attached hydrogens (primary N) is 2. The predicted molar refractivity (Wildman–Crippen MR) is 94.8 cm³/mol. The van der Waals surface area contributed by atoms with Gasteiger partial charge in [-0.05, 0) is 35.9 Å². The fourth-order valence-corrected chi connectivity index (χ4v) is 2.30. The molecule has 0 radical (unpaired) electrons. The number of benzene rings is 1. The van der Waals surface area contributed by atoms with E-state index in [1.54, 1.807) is 61.1 Å². The number of nitrogens with one attached hydrogen (secondary N) is 1. The van der Waals surface area contributed by atoms with E-state index in [1.807, 2.05) is 0 Å². The summed E-state index contributed by atoms with van der Waals surface area (Å²) in [4.78, 5) is 31.8. The molecule has 0 aliphatic rings. The molecular formula is C18H15N5O2. The van der Waals surface area contributed by atoms with E-state index in [1.165, 1.54) is 0 Å². The molecule has 1 aromatic carbocycles. The maximum atomic E-state index is 12.5. The minimum Gasteiger partial charge on any atom is -0.383 e. The average Bonchev–Trinajstić information content (AvgIpc) is 2.63. The van der Waals surface area contributed by atoms with Crippen LogP contribution in [-0.2, 0) is 0 Å². The van der Waals surface area contributed by atoms with Gasteiger partial charge in [0.1, 0.15) is 5.82 Å². The van der Waals surface area contributed by atoms with E-state index < -0.39 is 5.91 Å². The van der Waals surface area contributed by atoms with Crippen molar-refractivity contribution in [3.8, 4) is 11.1 Å². The van der Waals surface area contributed by atoms with Gasteiger partial charge in [0.05, 0.1) is 5.56 Å². The van der Waals surface area contributed by atoms with Gasteiger partial charge in [0.15, 0.2) is 0 Å². The van der Waals surface area contributed by atoms with Gasteiger partial charge >= 0.3 is 0 Å². The highest BCUT2D eigenvalue weighted by atomic mass is 16.2. The van der Waals surface area contributed by atoms with Crippen LogP contribution in [0.25, 0.3) is 11.1 Å². The fraction of sp³-hybridized carbons (Fsp3) is 0. The molecule has 0 aliphatic carbocycles. The van der Waals surface area contributed by atoms with Crippen molar-refractivity contribution in [1.82, 2.24) is 9.97 Å². The van der Waals surface area contributed by atoms with Crippen molar-refractivity contribution in [3.05, 3.63) is 72.2 Å². The Balaban J connectivity index is 1.94. The van der Waals surface area contributed by atoms with E-state index in [4.69, 9.17) is 11.5 Å². The molecule has 3 rings (SSSR count). The molecule has 124 valence electrons. The third-order valence-electron chi connectivity index (χ3n) is 3.58. The lowest BCUT2D eigenvalue weighted by Crippen LogP contribution is -2.15. The second-order valence-electron chi connectivity index (χ2n) is 5.29. The summed E-state index contributed by atoms with van der Waals surface area (Å²) >= 11 is 0. The first-order chi connectivity index (χ1) is 12.0. The van der Waals surface area contributed by atoms with E-state index in [0.717, 1.165) is 0 Å². The molecule has 0 bridgehead atoms. The molecule has 2 amide bonds. The molecule has 7 heteroatoms. The number of carbonyl (C=O) groups excluding carboxylic acids is 2. The smallest absolute Gasteiger partial charge is 0.259 e. The summed E-state index contributed by atoms with van der Waals surface area (Å²) < 4.78 is 0. The molecule has 0 fully saturated rings. The summed E-state index contributed by atoms with van der Waals surface area (Å²) in [6.07, 6.45) is 4.69. The number of amides is 2. The van der Waals surface area contributed by atoms with Crippen LogP contribution in [0.3, 0.4) is 0 Å². The largest absolute Gasteiger partial charge is 0.383 e. The quantitative estimate of drug-likeness (QED) is 0.674. The highest BCUT2D eigenvalue weighted by molar-refractivity contribution is 6.07. The number of hydrogen-bond donors (Lipinski definition) is 3. The zero-order valence-electron chi connectivity index (χ0n) is 13.1. The van der Waals surface area contributed by atoms with Crippen LogP contribution in [0.1, 0.15) is 20.7 Å². The fourth-order valence-electron chi connectivity index (χ4n) is 2.30. The highest BCUT2D eigenvalue weighted by Gasteiger charge is 2.13. The van der Waals surface area contributed by atoms with Crippen LogP contribution in [-0.4, -0.2) is 21.8 Å². The van der Waals surface area contributed by atoms with Gasteiger partial charge in [0.2, 0.25) is 5.91 Å². The third-order valence-corrected chi connectivity index (χ3v) is 3.58. The summed E-state index contributed by atoms with van der Waals surface area (Å²) in [5.74, 6) is -0.800. The van der Waals surface area contributed by atoms with Gasteiger partial charge in [-0.25, -0.2) is 4.98 Å². The first-order valence-corrected chi connectivity index (χ1v) is 7.42. The summed E-state index contributed by atoms with van der Waals surface area (Å²) in [5, 5.41) is 2.73. The normalized spacial score (nSPS) is 10.2. The number of rotatable bonds is 4. The van der Waals surface area contributed by atoms with E-state index in [-0.39, 0.29) is 17.3 Å². The lowest BCUT2D eigenvalue weighted by atomic mass is 10.0. The molecule has 0 atom stereocenters. The number of aromatic nitrogens is 2. The van der Waals surface area contributed by atoms with Crippen molar-refractivity contribution < 1.29 is 9.59 Å². The molecule has 3 aromatic rings. The Morgan fingerprint density at radius 1 is 1.00 bits per heavy atom. The van der Waals surface area contributed by atoms with Gasteiger partial charge in [-0.3, -0.25) is 14.6 Å². The Morgan fingerprint density at radius 3 is 2.48 bits per heavy atom. The van der Waals surface area contributed by atoms with E-state index >= 15 is 0 Å². The molecule has 2 aromatic heterocycles. The molecule has 0 unspecified atom stereocenters. The van der Waals surface area contributed by atoms with Gasteiger partial charge in [0, 0.05) is 35.4 Å². The average molecular weight is 333 g/mol. The zero-order chi connectivity index (χ0) is 17.8. The molecule has 7 nitrogen and oxygen atoms in total. The van der Waals surface area contributed by atoms with Crippen LogP contribution >= 0.6 is 0 Å². The van der Waals surface area contributed by atoms with E-state index in [2.05, 4.69) is 15.3 Å². The predicted octanol–water partition coefficient (Wildman–Crippen LogP) is 2.08. The molecule has 0 spiro atoms. The number of carbonyl (C=O) groups is 2. The van der Waals surface area contributed by atoms with E-state index in [0.29, 0.717) is 22.4 Å². The van der Waals surface area contributed by atoms with Gasteiger partial charge in [-0.2, -0.15) is 0 Å². The van der Waals surface area contributed by atoms with Crippen molar-refractivity contribution in [1.29, 1.82) is 0 Å². The van der Waals surface area contributed by atoms with Crippen LogP contribution in [0.5, 0.6) is 0 Å². The van der Waals surface area contributed by atoms with Crippen molar-refractivity contribution >= 4 is 23.3 Å². The number of pyridine rings is 2. The minimum absolute atomic E-state index is 0.112. The van der Waals surface area contributed by atoms with Gasteiger partial charge in [-0.1, -0.05) is 12.1 Å². The van der Waals surface area contributed by atoms with Crippen LogP contribution in [0.4, 0.5) is 11.5 Å². The molecule has 0 saturated heterocycles. The van der Waals surface area contributed by atoms with Crippen LogP contribution in [0, 0.1) is 0 Å². The second-order valence-corrected chi connectivity index (χ2v) is 5.29. The van der Waals surface area contributed by atoms with Gasteiger partial charge in [0.25, 0.3) is 5.91 Å². The summed E-state index contributed by atoms with van der Waals surface area (Å²) in [7, 11) is 0. The SMILES string of the molecule is NC(=O)c1cccc(-c2cnc(N)c(C(=O)Nc3ccncc3)c2)c1. The number of primary amides is 1. The Labute approximate surface area is 143 Å². The minimum atomic E-state index is -0.527. The van der Waals surface area contributed by atoms with Crippen LogP contribution < -0.4 is 16.8 Å². The van der Waals surface area contributed by atoms with Crippen molar-refractivity contribution in [2.75, 3.05) is 11.1 Å². The van der Waals surface area contributed by atoms with Gasteiger partial charge < -0.3 is 16.8 Å². The van der Waals surface area contributed by atoms with Crippen molar-refractivity contribution in [2.45, 2.75) is 0 Å². The number of hydrogen-bond acceptors (Lipinski definition) is 5. The Morgan fingerprint density at radius 2 is 1.76 bits per heavy atom. The highest BCUT2D eigenvalue weighted by Crippen LogP contribution is 2.23. The van der Waals surface area contributed by atoms with Crippen LogP contribution in [0.2, 0.25) is 0 Å². The zero-order valence-corrected chi connectivity index (χ0v) is 13.1. The molecule has 5 N–H and O–H groups in total. The van der Waals surface area contributed by atoms with Crippen LogP contribution in [0.15, 0.2) is 61.1 Å². The molecule has 0 saturated carbocycles. The molecule has 0 aliphatic heterocycles. The number of nitrogens with zero attached hydrogens (tertiary/aromatic N) is 2. The molecule has 25 heavy (non-hydrogen) atoms. The Kier molecular flexibility index (Phi) is 4.38. The lowest BCUT2D eigenvalue weighted by Gasteiger charge is -2.09. The first-order valence-electron chi connectivity index (χ1n) is 7.42. The topological polar surface area (TPSA) is 124 Å². The lowest BCUT2D eigenvalue weighted by molar-refractivity contribution is 0.0997. The van der Waals surface area contributed by atoms with Crippen molar-refractivity contribution in [2.24, 2.45) is 5.73 Å². The monoisotopic (exact) mass is 333 g/mol. The standard InChI is InChI=1S/C18H15N5O2/c19-16-15(18(25)23-14-4-6-21-7-5-14)9-13(10-22-16)11-2-1-3-12(8-11)17(20)24/h1-10H,(H2,19,22)(H2,20,24)(H,21,23,25). The van der Waals surface area contributed by atoms with Crippen molar-refractivity contribution in [3.63, 3.8) is 0 Å². The van der Waals surface area contributed by atoms with Gasteiger partial charge in [-0.15, -0.1) is 0 Å². The Bertz CT molecular complexity index is 941.